The van der Waals surface area contributed by atoms with Crippen molar-refractivity contribution in [3.8, 4) is 0 Å². The van der Waals surface area contributed by atoms with E-state index in [2.05, 4.69) is 5.32 Å². The number of carbonyl (C=O) groups excluding carboxylic acids is 1. The van der Waals surface area contributed by atoms with Crippen LogP contribution in [0.3, 0.4) is 0 Å². The van der Waals surface area contributed by atoms with Crippen LogP contribution in [0.2, 0.25) is 0 Å². The summed E-state index contributed by atoms with van der Waals surface area (Å²) in [7, 11) is -3.49. The highest BCUT2D eigenvalue weighted by molar-refractivity contribution is 7.89. The average molecular weight is 388 g/mol. The molecule has 27 heavy (non-hydrogen) atoms. The minimum atomic E-state index is -3.49. The Bertz CT molecular complexity index is 859. The van der Waals surface area contributed by atoms with E-state index in [1.54, 1.807) is 24.3 Å². The Morgan fingerprint density at radius 1 is 1.07 bits per heavy atom. The van der Waals surface area contributed by atoms with Crippen molar-refractivity contribution in [2.24, 2.45) is 0 Å². The maximum Gasteiger partial charge on any atom is 0.407 e. The van der Waals surface area contributed by atoms with Crippen molar-refractivity contribution in [3.63, 3.8) is 0 Å². The number of carbonyl (C=O) groups is 1. The van der Waals surface area contributed by atoms with Crippen molar-refractivity contribution < 1.29 is 17.9 Å². The smallest absolute Gasteiger partial charge is 0.407 e. The zero-order valence-electron chi connectivity index (χ0n) is 15.3. The van der Waals surface area contributed by atoms with E-state index in [9.17, 15) is 13.2 Å². The van der Waals surface area contributed by atoms with Crippen molar-refractivity contribution in [3.05, 3.63) is 65.7 Å². The number of alkyl carbamates (subject to hydrolysis) is 1. The van der Waals surface area contributed by atoms with Gasteiger partial charge in [0.2, 0.25) is 10.0 Å². The van der Waals surface area contributed by atoms with Gasteiger partial charge in [-0.1, -0.05) is 48.0 Å². The lowest BCUT2D eigenvalue weighted by atomic mass is 10.1. The fourth-order valence-electron chi connectivity index (χ4n) is 3.03. The van der Waals surface area contributed by atoms with E-state index in [1.807, 2.05) is 37.3 Å². The van der Waals surface area contributed by atoms with Crippen LogP contribution in [-0.4, -0.2) is 37.9 Å². The third kappa shape index (κ3) is 5.08. The molecule has 1 N–H and O–H groups in total. The number of benzene rings is 2. The Kier molecular flexibility index (Phi) is 6.13. The van der Waals surface area contributed by atoms with Crippen LogP contribution in [0, 0.1) is 6.92 Å². The summed E-state index contributed by atoms with van der Waals surface area (Å²) in [5, 5.41) is 2.83. The number of piperidine rings is 1. The molecule has 1 saturated heterocycles. The Labute approximate surface area is 160 Å². The molecule has 0 aliphatic carbocycles. The zero-order valence-corrected chi connectivity index (χ0v) is 16.1. The number of nitrogens with one attached hydrogen (secondary N) is 1. The summed E-state index contributed by atoms with van der Waals surface area (Å²) in [6, 6.07) is 16.2. The lowest BCUT2D eigenvalue weighted by Crippen LogP contribution is -2.46. The van der Waals surface area contributed by atoms with Gasteiger partial charge < -0.3 is 10.1 Å². The predicted octanol–water partition coefficient (Wildman–Crippen LogP) is 3.07. The number of hydrogen-bond donors (Lipinski definition) is 1. The van der Waals surface area contributed by atoms with Gasteiger partial charge >= 0.3 is 6.09 Å². The summed E-state index contributed by atoms with van der Waals surface area (Å²) in [4.78, 5) is 12.3. The summed E-state index contributed by atoms with van der Waals surface area (Å²) in [6.45, 7) is 2.89. The number of aryl methyl sites for hydroxylation is 1. The molecule has 0 saturated carbocycles. The van der Waals surface area contributed by atoms with Crippen LogP contribution in [0.1, 0.15) is 24.0 Å². The van der Waals surface area contributed by atoms with E-state index >= 15 is 0 Å². The highest BCUT2D eigenvalue weighted by Gasteiger charge is 2.30. The number of sulfonamides is 1. The molecule has 0 radical (unpaired) electrons. The summed E-state index contributed by atoms with van der Waals surface area (Å²) in [6.07, 6.45) is 0.649. The van der Waals surface area contributed by atoms with Crippen molar-refractivity contribution >= 4 is 16.1 Å². The lowest BCUT2D eigenvalue weighted by Gasteiger charge is -2.31. The van der Waals surface area contributed by atoms with Gasteiger partial charge in [0.15, 0.2) is 0 Å². The van der Waals surface area contributed by atoms with E-state index in [1.165, 1.54) is 4.31 Å². The highest BCUT2D eigenvalue weighted by atomic mass is 32.2. The molecule has 0 spiro atoms. The summed E-state index contributed by atoms with van der Waals surface area (Å²) < 4.78 is 32.1. The van der Waals surface area contributed by atoms with Gasteiger partial charge in [0.05, 0.1) is 4.90 Å². The predicted molar refractivity (Wildman–Crippen MR) is 103 cm³/mol. The van der Waals surface area contributed by atoms with Gasteiger partial charge in [0, 0.05) is 19.1 Å². The SMILES string of the molecule is Cc1ccc(S(=O)(=O)N2CCC(NC(=O)OCc3ccccc3)CC2)cc1. The lowest BCUT2D eigenvalue weighted by molar-refractivity contribution is 0.131. The van der Waals surface area contributed by atoms with E-state index in [0.717, 1.165) is 11.1 Å². The number of rotatable bonds is 5. The van der Waals surface area contributed by atoms with Crippen LogP contribution in [-0.2, 0) is 21.4 Å². The van der Waals surface area contributed by atoms with E-state index in [4.69, 9.17) is 4.74 Å². The second kappa shape index (κ2) is 8.54. The van der Waals surface area contributed by atoms with Crippen molar-refractivity contribution in [2.75, 3.05) is 13.1 Å². The quantitative estimate of drug-likeness (QED) is 0.854. The van der Waals surface area contributed by atoms with Crippen molar-refractivity contribution in [1.29, 1.82) is 0 Å². The normalized spacial score (nSPS) is 16.0. The molecule has 1 fully saturated rings. The topological polar surface area (TPSA) is 75.7 Å². The van der Waals surface area contributed by atoms with Gasteiger partial charge in [-0.15, -0.1) is 0 Å². The molecule has 1 heterocycles. The van der Waals surface area contributed by atoms with Gasteiger partial charge in [-0.25, -0.2) is 13.2 Å². The van der Waals surface area contributed by atoms with Gasteiger partial charge in [0.25, 0.3) is 0 Å². The van der Waals surface area contributed by atoms with Gasteiger partial charge in [0.1, 0.15) is 6.61 Å². The molecule has 0 atom stereocenters. The number of hydrogen-bond acceptors (Lipinski definition) is 4. The van der Waals surface area contributed by atoms with Crippen LogP contribution >= 0.6 is 0 Å². The van der Waals surface area contributed by atoms with Crippen LogP contribution < -0.4 is 5.32 Å². The Balaban J connectivity index is 1.48. The minimum Gasteiger partial charge on any atom is -0.445 e. The number of nitrogens with zero attached hydrogens (tertiary/aromatic N) is 1. The fraction of sp³-hybridized carbons (Fsp3) is 0.350. The third-order valence-electron chi connectivity index (χ3n) is 4.65. The largest absolute Gasteiger partial charge is 0.445 e. The molecule has 1 amide bonds. The summed E-state index contributed by atoms with van der Waals surface area (Å²) in [5.74, 6) is 0. The molecule has 6 nitrogen and oxygen atoms in total. The van der Waals surface area contributed by atoms with Gasteiger partial charge in [-0.05, 0) is 37.5 Å². The fourth-order valence-corrected chi connectivity index (χ4v) is 4.50. The molecule has 0 aromatic heterocycles. The summed E-state index contributed by atoms with van der Waals surface area (Å²) >= 11 is 0. The first-order valence-electron chi connectivity index (χ1n) is 8.99. The van der Waals surface area contributed by atoms with Gasteiger partial charge in [-0.3, -0.25) is 0 Å². The monoisotopic (exact) mass is 388 g/mol. The van der Waals surface area contributed by atoms with Crippen molar-refractivity contribution in [2.45, 2.75) is 37.3 Å². The van der Waals surface area contributed by atoms with Gasteiger partial charge in [-0.2, -0.15) is 4.31 Å². The minimum absolute atomic E-state index is 0.0854. The maximum atomic E-state index is 12.7. The number of amides is 1. The van der Waals surface area contributed by atoms with E-state index < -0.39 is 16.1 Å². The molecule has 2 aromatic carbocycles. The standard InChI is InChI=1S/C20H24N2O4S/c1-16-7-9-19(10-8-16)27(24,25)22-13-11-18(12-14-22)21-20(23)26-15-17-5-3-2-4-6-17/h2-10,18H,11-15H2,1H3,(H,21,23). The first-order chi connectivity index (χ1) is 12.9. The molecular weight excluding hydrogens is 364 g/mol. The average Bonchev–Trinajstić information content (AvgIpc) is 2.68. The van der Waals surface area contributed by atoms with E-state index in [0.29, 0.717) is 30.8 Å². The second-order valence-corrected chi connectivity index (χ2v) is 8.64. The van der Waals surface area contributed by atoms with Crippen LogP contribution in [0.5, 0.6) is 0 Å². The second-order valence-electron chi connectivity index (χ2n) is 6.70. The Hall–Kier alpha value is -2.38. The molecule has 1 aliphatic rings. The van der Waals surface area contributed by atoms with E-state index in [-0.39, 0.29) is 12.6 Å². The zero-order chi connectivity index (χ0) is 19.3. The number of ether oxygens (including phenoxy) is 1. The Morgan fingerprint density at radius 2 is 1.70 bits per heavy atom. The van der Waals surface area contributed by atoms with Crippen LogP contribution in [0.4, 0.5) is 4.79 Å². The molecule has 7 heteroatoms. The van der Waals surface area contributed by atoms with Crippen LogP contribution in [0.25, 0.3) is 0 Å². The first-order valence-corrected chi connectivity index (χ1v) is 10.4. The molecular formula is C20H24N2O4S. The molecule has 0 unspecified atom stereocenters. The molecule has 2 aromatic rings. The molecule has 1 aliphatic heterocycles. The first kappa shape index (κ1) is 19.4. The Morgan fingerprint density at radius 3 is 2.33 bits per heavy atom. The molecule has 144 valence electrons. The molecule has 0 bridgehead atoms. The highest BCUT2D eigenvalue weighted by Crippen LogP contribution is 2.21. The van der Waals surface area contributed by atoms with Crippen molar-refractivity contribution in [1.82, 2.24) is 9.62 Å². The molecule has 3 rings (SSSR count). The maximum absolute atomic E-state index is 12.7. The van der Waals surface area contributed by atoms with Crippen LogP contribution in [0.15, 0.2) is 59.5 Å². The summed E-state index contributed by atoms with van der Waals surface area (Å²) in [5.41, 5.74) is 1.94. The third-order valence-corrected chi connectivity index (χ3v) is 6.56.